The maximum absolute atomic E-state index is 10.7. The highest BCUT2D eigenvalue weighted by atomic mass is 32.1. The number of ether oxygens (including phenoxy) is 3. The predicted octanol–water partition coefficient (Wildman–Crippen LogP) is 4.55. The molecule has 0 saturated carbocycles. The molecule has 1 aromatic heterocycles. The Labute approximate surface area is 159 Å². The van der Waals surface area contributed by atoms with Gasteiger partial charge in [0.15, 0.2) is 18.3 Å². The lowest BCUT2D eigenvalue weighted by Gasteiger charge is -2.10. The van der Waals surface area contributed by atoms with Crippen molar-refractivity contribution < 1.29 is 24.1 Å². The molecule has 0 radical (unpaired) electrons. The van der Waals surface area contributed by atoms with E-state index in [0.717, 1.165) is 20.8 Å². The van der Waals surface area contributed by atoms with E-state index in [2.05, 4.69) is 10.3 Å². The highest BCUT2D eigenvalue weighted by Crippen LogP contribution is 2.30. The third-order valence-electron chi connectivity index (χ3n) is 3.59. The smallest absolute Gasteiger partial charge is 0.409 e. The standard InChI is InChI=1S/C19H18N2O5S/c1-24-11-26-15-6-3-12(9-16(15)25-2)4-8-18-21-14-10-13(20-19(22)23)5-7-17(14)27-18/h3-10,20H,11H2,1-2H3,(H,22,23). The number of amides is 1. The topological polar surface area (TPSA) is 89.9 Å². The molecule has 3 aromatic rings. The van der Waals surface area contributed by atoms with Crippen LogP contribution < -0.4 is 14.8 Å². The number of carbonyl (C=O) groups is 1. The number of nitrogens with one attached hydrogen (secondary N) is 1. The van der Waals surface area contributed by atoms with Crippen molar-refractivity contribution in [2.45, 2.75) is 0 Å². The molecule has 2 N–H and O–H groups in total. The first-order valence-corrected chi connectivity index (χ1v) is 8.79. The Bertz CT molecular complexity index is 983. The van der Waals surface area contributed by atoms with Crippen LogP contribution in [-0.4, -0.2) is 37.2 Å². The first kappa shape index (κ1) is 18.7. The number of rotatable bonds is 7. The van der Waals surface area contributed by atoms with E-state index in [1.165, 1.54) is 11.3 Å². The summed E-state index contributed by atoms with van der Waals surface area (Å²) in [5, 5.41) is 11.9. The van der Waals surface area contributed by atoms with E-state index in [4.69, 9.17) is 19.3 Å². The van der Waals surface area contributed by atoms with Crippen LogP contribution in [0.1, 0.15) is 10.6 Å². The van der Waals surface area contributed by atoms with Crippen molar-refractivity contribution in [2.24, 2.45) is 0 Å². The highest BCUT2D eigenvalue weighted by Gasteiger charge is 2.06. The van der Waals surface area contributed by atoms with Crippen molar-refractivity contribution >= 4 is 45.5 Å². The van der Waals surface area contributed by atoms with Crippen LogP contribution in [0.25, 0.3) is 22.4 Å². The van der Waals surface area contributed by atoms with E-state index in [1.807, 2.05) is 36.4 Å². The quantitative estimate of drug-likeness (QED) is 0.579. The van der Waals surface area contributed by atoms with Crippen LogP contribution in [0.15, 0.2) is 36.4 Å². The average molecular weight is 386 g/mol. The van der Waals surface area contributed by atoms with E-state index in [9.17, 15) is 4.79 Å². The molecular weight excluding hydrogens is 368 g/mol. The SMILES string of the molecule is COCOc1ccc(C=Cc2nc3cc(NC(=O)O)ccc3s2)cc1OC. The number of benzene rings is 2. The van der Waals surface area contributed by atoms with Gasteiger partial charge in [-0.05, 0) is 42.0 Å². The van der Waals surface area contributed by atoms with Gasteiger partial charge in [0.05, 0.1) is 17.3 Å². The van der Waals surface area contributed by atoms with Gasteiger partial charge in [0.25, 0.3) is 0 Å². The van der Waals surface area contributed by atoms with Gasteiger partial charge in [-0.1, -0.05) is 12.1 Å². The van der Waals surface area contributed by atoms with E-state index in [-0.39, 0.29) is 6.79 Å². The lowest BCUT2D eigenvalue weighted by Crippen LogP contribution is -2.06. The average Bonchev–Trinajstić information content (AvgIpc) is 3.06. The molecule has 0 unspecified atom stereocenters. The molecule has 140 valence electrons. The van der Waals surface area contributed by atoms with Crippen molar-refractivity contribution in [3.63, 3.8) is 0 Å². The van der Waals surface area contributed by atoms with Crippen LogP contribution in [0, 0.1) is 0 Å². The van der Waals surface area contributed by atoms with Gasteiger partial charge in [0.2, 0.25) is 0 Å². The predicted molar refractivity (Wildman–Crippen MR) is 106 cm³/mol. The lowest BCUT2D eigenvalue weighted by atomic mass is 10.2. The summed E-state index contributed by atoms with van der Waals surface area (Å²) >= 11 is 1.52. The van der Waals surface area contributed by atoms with Gasteiger partial charge in [-0.25, -0.2) is 9.78 Å². The maximum Gasteiger partial charge on any atom is 0.409 e. The second kappa shape index (κ2) is 8.52. The van der Waals surface area contributed by atoms with E-state index in [1.54, 1.807) is 26.4 Å². The minimum atomic E-state index is -1.10. The lowest BCUT2D eigenvalue weighted by molar-refractivity contribution is 0.0491. The van der Waals surface area contributed by atoms with Gasteiger partial charge in [0, 0.05) is 12.8 Å². The molecular formula is C19H18N2O5S. The Morgan fingerprint density at radius 1 is 1.19 bits per heavy atom. The minimum Gasteiger partial charge on any atom is -0.493 e. The van der Waals surface area contributed by atoms with Gasteiger partial charge < -0.3 is 19.3 Å². The molecule has 0 spiro atoms. The first-order chi connectivity index (χ1) is 13.1. The summed E-state index contributed by atoms with van der Waals surface area (Å²) in [6.45, 7) is 0.149. The molecule has 0 bridgehead atoms. The van der Waals surface area contributed by atoms with Gasteiger partial charge in [-0.15, -0.1) is 11.3 Å². The summed E-state index contributed by atoms with van der Waals surface area (Å²) in [6.07, 6.45) is 2.73. The van der Waals surface area contributed by atoms with Crippen molar-refractivity contribution in [3.05, 3.63) is 47.0 Å². The second-order valence-electron chi connectivity index (χ2n) is 5.46. The molecule has 0 aliphatic heterocycles. The van der Waals surface area contributed by atoms with Crippen molar-refractivity contribution in [1.29, 1.82) is 0 Å². The number of hydrogen-bond donors (Lipinski definition) is 2. The van der Waals surface area contributed by atoms with Gasteiger partial charge in [-0.3, -0.25) is 5.32 Å². The van der Waals surface area contributed by atoms with Crippen molar-refractivity contribution in [2.75, 3.05) is 26.3 Å². The van der Waals surface area contributed by atoms with Gasteiger partial charge in [0.1, 0.15) is 5.01 Å². The Hall–Kier alpha value is -3.10. The minimum absolute atomic E-state index is 0.149. The Morgan fingerprint density at radius 2 is 2.04 bits per heavy atom. The number of fused-ring (bicyclic) bond motifs is 1. The van der Waals surface area contributed by atoms with Gasteiger partial charge in [-0.2, -0.15) is 0 Å². The summed E-state index contributed by atoms with van der Waals surface area (Å²) < 4.78 is 16.7. The molecule has 1 amide bonds. The molecule has 0 aliphatic carbocycles. The fourth-order valence-electron chi connectivity index (χ4n) is 2.41. The molecule has 3 rings (SSSR count). The number of carboxylic acid groups (broad SMARTS) is 1. The molecule has 7 nitrogen and oxygen atoms in total. The Morgan fingerprint density at radius 3 is 2.78 bits per heavy atom. The Balaban J connectivity index is 1.79. The van der Waals surface area contributed by atoms with E-state index in [0.29, 0.717) is 17.2 Å². The number of anilines is 1. The van der Waals surface area contributed by atoms with Crippen molar-refractivity contribution in [1.82, 2.24) is 4.98 Å². The molecule has 8 heteroatoms. The summed E-state index contributed by atoms with van der Waals surface area (Å²) in [5.41, 5.74) is 2.17. The molecule has 0 aliphatic rings. The van der Waals surface area contributed by atoms with Crippen LogP contribution in [-0.2, 0) is 4.74 Å². The molecule has 0 saturated heterocycles. The zero-order valence-corrected chi connectivity index (χ0v) is 15.6. The van der Waals surface area contributed by atoms with Crippen molar-refractivity contribution in [3.8, 4) is 11.5 Å². The number of methoxy groups -OCH3 is 2. The number of thiazole rings is 1. The number of nitrogens with zero attached hydrogens (tertiary/aromatic N) is 1. The molecule has 0 atom stereocenters. The second-order valence-corrected chi connectivity index (χ2v) is 6.52. The number of hydrogen-bond acceptors (Lipinski definition) is 6. The highest BCUT2D eigenvalue weighted by molar-refractivity contribution is 7.19. The monoisotopic (exact) mass is 386 g/mol. The van der Waals surface area contributed by atoms with Crippen LogP contribution in [0.5, 0.6) is 11.5 Å². The molecule has 0 fully saturated rings. The van der Waals surface area contributed by atoms with Crippen LogP contribution >= 0.6 is 11.3 Å². The zero-order valence-electron chi connectivity index (χ0n) is 14.8. The normalized spacial score (nSPS) is 11.0. The third kappa shape index (κ3) is 4.75. The summed E-state index contributed by atoms with van der Waals surface area (Å²) in [4.78, 5) is 15.3. The molecule has 2 aromatic carbocycles. The van der Waals surface area contributed by atoms with E-state index < -0.39 is 6.09 Å². The Kier molecular flexibility index (Phi) is 5.90. The van der Waals surface area contributed by atoms with Crippen LogP contribution in [0.3, 0.4) is 0 Å². The maximum atomic E-state index is 10.7. The summed E-state index contributed by atoms with van der Waals surface area (Å²) in [5.74, 6) is 1.22. The molecule has 27 heavy (non-hydrogen) atoms. The summed E-state index contributed by atoms with van der Waals surface area (Å²) in [6, 6.07) is 10.9. The zero-order chi connectivity index (χ0) is 19.2. The van der Waals surface area contributed by atoms with E-state index >= 15 is 0 Å². The third-order valence-corrected chi connectivity index (χ3v) is 4.60. The largest absolute Gasteiger partial charge is 0.493 e. The van der Waals surface area contributed by atoms with Gasteiger partial charge >= 0.3 is 6.09 Å². The van der Waals surface area contributed by atoms with Crippen LogP contribution in [0.2, 0.25) is 0 Å². The van der Waals surface area contributed by atoms with Crippen LogP contribution in [0.4, 0.5) is 10.5 Å². The summed E-state index contributed by atoms with van der Waals surface area (Å²) in [7, 11) is 3.14. The number of aromatic nitrogens is 1. The fourth-order valence-corrected chi connectivity index (χ4v) is 3.27. The first-order valence-electron chi connectivity index (χ1n) is 7.97. The fraction of sp³-hybridized carbons (Fsp3) is 0.158. The molecule has 1 heterocycles.